The number of amides is 2. The van der Waals surface area contributed by atoms with Gasteiger partial charge in [-0.3, -0.25) is 9.59 Å². The highest BCUT2D eigenvalue weighted by Gasteiger charge is 2.24. The fourth-order valence-corrected chi connectivity index (χ4v) is 4.52. The van der Waals surface area contributed by atoms with Crippen LogP contribution in [0.15, 0.2) is 108 Å². The maximum atomic E-state index is 12.7. The van der Waals surface area contributed by atoms with Gasteiger partial charge in [-0.15, -0.1) is 0 Å². The third-order valence-electron chi connectivity index (χ3n) is 6.25. The van der Waals surface area contributed by atoms with Crippen LogP contribution >= 0.6 is 0 Å². The van der Waals surface area contributed by atoms with E-state index >= 15 is 0 Å². The molecule has 0 saturated heterocycles. The number of H-pyrrole nitrogens is 1. The Morgan fingerprint density at radius 1 is 0.806 bits per heavy atom. The van der Waals surface area contributed by atoms with Crippen molar-refractivity contribution < 1.29 is 14.0 Å². The van der Waals surface area contributed by atoms with Gasteiger partial charge in [0.2, 0.25) is 5.91 Å². The first-order chi connectivity index (χ1) is 17.7. The Hall–Kier alpha value is -4.58. The Labute approximate surface area is 209 Å². The van der Waals surface area contributed by atoms with E-state index in [4.69, 9.17) is 4.42 Å². The number of hydrogen-bond donors (Lipinski definition) is 3. The Balaban J connectivity index is 1.39. The molecule has 0 aliphatic heterocycles. The molecule has 2 amide bonds. The quantitative estimate of drug-likeness (QED) is 0.262. The maximum Gasteiger partial charge on any atom is 0.286 e. The molecule has 0 fully saturated rings. The van der Waals surface area contributed by atoms with Crippen LogP contribution in [-0.4, -0.2) is 29.9 Å². The molecule has 36 heavy (non-hydrogen) atoms. The summed E-state index contributed by atoms with van der Waals surface area (Å²) >= 11 is 0. The molecule has 0 bridgehead atoms. The maximum absolute atomic E-state index is 12.7. The minimum Gasteiger partial charge on any atom is -0.459 e. The summed E-state index contributed by atoms with van der Waals surface area (Å²) < 4.78 is 5.09. The summed E-state index contributed by atoms with van der Waals surface area (Å²) in [5.41, 5.74) is 5.46. The third kappa shape index (κ3) is 5.08. The molecule has 180 valence electrons. The van der Waals surface area contributed by atoms with Gasteiger partial charge in [0.1, 0.15) is 0 Å². The van der Waals surface area contributed by atoms with Crippen LogP contribution in [0, 0.1) is 0 Å². The Morgan fingerprint density at radius 3 is 2.28 bits per heavy atom. The fraction of sp³-hybridized carbons (Fsp3) is 0.133. The molecule has 3 N–H and O–H groups in total. The van der Waals surface area contributed by atoms with Crippen molar-refractivity contribution in [1.82, 2.24) is 15.6 Å². The van der Waals surface area contributed by atoms with E-state index in [-0.39, 0.29) is 36.5 Å². The first kappa shape index (κ1) is 23.2. The van der Waals surface area contributed by atoms with E-state index in [1.165, 1.54) is 6.26 Å². The number of hydrogen-bond acceptors (Lipinski definition) is 3. The van der Waals surface area contributed by atoms with Crippen LogP contribution in [0.1, 0.15) is 34.0 Å². The lowest BCUT2D eigenvalue weighted by Gasteiger charge is -2.20. The second-order valence-corrected chi connectivity index (χ2v) is 8.58. The van der Waals surface area contributed by atoms with Gasteiger partial charge in [0, 0.05) is 36.3 Å². The summed E-state index contributed by atoms with van der Waals surface area (Å²) in [6.07, 6.45) is 1.62. The number of carbonyl (C=O) groups is 2. The number of furan rings is 1. The van der Waals surface area contributed by atoms with Crippen molar-refractivity contribution in [3.05, 3.63) is 120 Å². The van der Waals surface area contributed by atoms with Crippen molar-refractivity contribution >= 4 is 22.7 Å². The van der Waals surface area contributed by atoms with Crippen molar-refractivity contribution in [3.63, 3.8) is 0 Å². The number of rotatable bonds is 9. The molecule has 2 heterocycles. The SMILES string of the molecule is O=C(CCNC(=O)c1ccco1)NCC(c1ccccc1)c1c(-c2ccccc2)[nH]c2ccccc12. The van der Waals surface area contributed by atoms with Gasteiger partial charge in [0.15, 0.2) is 5.76 Å². The minimum atomic E-state index is -0.332. The predicted molar refractivity (Wildman–Crippen MR) is 141 cm³/mol. The molecule has 3 aromatic carbocycles. The second kappa shape index (κ2) is 10.8. The Morgan fingerprint density at radius 2 is 1.53 bits per heavy atom. The molecule has 6 nitrogen and oxygen atoms in total. The standard InChI is InChI=1S/C30H27N3O3/c34-27(17-18-31-30(35)26-16-9-19-36-26)32-20-24(21-10-3-1-4-11-21)28-23-14-7-8-15-25(23)33-29(28)22-12-5-2-6-13-22/h1-16,19,24,33H,17-18,20H2,(H,31,35)(H,32,34). The summed E-state index contributed by atoms with van der Waals surface area (Å²) in [5.74, 6) is -0.301. The zero-order chi connectivity index (χ0) is 24.7. The van der Waals surface area contributed by atoms with Gasteiger partial charge in [-0.1, -0.05) is 78.9 Å². The van der Waals surface area contributed by atoms with Crippen LogP contribution in [0.4, 0.5) is 0 Å². The smallest absolute Gasteiger partial charge is 0.286 e. The predicted octanol–water partition coefficient (Wildman–Crippen LogP) is 5.50. The normalized spacial score (nSPS) is 11.8. The third-order valence-corrected chi connectivity index (χ3v) is 6.25. The monoisotopic (exact) mass is 477 g/mol. The molecule has 6 heteroatoms. The van der Waals surface area contributed by atoms with Crippen LogP contribution in [0.2, 0.25) is 0 Å². The van der Waals surface area contributed by atoms with Crippen LogP contribution in [-0.2, 0) is 4.79 Å². The summed E-state index contributed by atoms with van der Waals surface area (Å²) in [5, 5.41) is 6.94. The lowest BCUT2D eigenvalue weighted by atomic mass is 9.87. The van der Waals surface area contributed by atoms with Crippen molar-refractivity contribution in [2.24, 2.45) is 0 Å². The summed E-state index contributed by atoms with van der Waals surface area (Å²) in [7, 11) is 0. The summed E-state index contributed by atoms with van der Waals surface area (Å²) in [6, 6.07) is 32.0. The number of fused-ring (bicyclic) bond motifs is 1. The molecule has 1 unspecified atom stereocenters. The van der Waals surface area contributed by atoms with Gasteiger partial charge in [0.05, 0.1) is 12.0 Å². The summed E-state index contributed by atoms with van der Waals surface area (Å²) in [4.78, 5) is 28.4. The van der Waals surface area contributed by atoms with E-state index in [1.807, 2.05) is 48.5 Å². The molecular weight excluding hydrogens is 450 g/mol. The Kier molecular flexibility index (Phi) is 6.94. The molecular formula is C30H27N3O3. The van der Waals surface area contributed by atoms with E-state index in [1.54, 1.807) is 12.1 Å². The van der Waals surface area contributed by atoms with E-state index in [9.17, 15) is 9.59 Å². The first-order valence-electron chi connectivity index (χ1n) is 12.0. The number of aromatic amines is 1. The first-order valence-corrected chi connectivity index (χ1v) is 12.0. The van der Waals surface area contributed by atoms with Crippen LogP contribution in [0.5, 0.6) is 0 Å². The van der Waals surface area contributed by atoms with Crippen molar-refractivity contribution in [2.45, 2.75) is 12.3 Å². The molecule has 5 aromatic rings. The van der Waals surface area contributed by atoms with Gasteiger partial charge in [-0.25, -0.2) is 0 Å². The van der Waals surface area contributed by atoms with Gasteiger partial charge in [-0.05, 0) is 34.9 Å². The molecule has 5 rings (SSSR count). The van der Waals surface area contributed by atoms with Crippen LogP contribution < -0.4 is 10.6 Å². The molecule has 0 aliphatic carbocycles. The topological polar surface area (TPSA) is 87.1 Å². The highest BCUT2D eigenvalue weighted by molar-refractivity contribution is 5.92. The van der Waals surface area contributed by atoms with E-state index in [0.717, 1.165) is 33.3 Å². The van der Waals surface area contributed by atoms with Crippen LogP contribution in [0.3, 0.4) is 0 Å². The molecule has 0 saturated carbocycles. The van der Waals surface area contributed by atoms with Crippen molar-refractivity contribution in [2.75, 3.05) is 13.1 Å². The molecule has 0 aliphatic rings. The lowest BCUT2D eigenvalue weighted by molar-refractivity contribution is -0.120. The van der Waals surface area contributed by atoms with E-state index < -0.39 is 0 Å². The highest BCUT2D eigenvalue weighted by Crippen LogP contribution is 2.38. The van der Waals surface area contributed by atoms with Crippen molar-refractivity contribution in [1.29, 1.82) is 0 Å². The van der Waals surface area contributed by atoms with Crippen LogP contribution in [0.25, 0.3) is 22.2 Å². The number of aromatic nitrogens is 1. The second-order valence-electron chi connectivity index (χ2n) is 8.58. The molecule has 2 aromatic heterocycles. The number of carbonyl (C=O) groups excluding carboxylic acids is 2. The highest BCUT2D eigenvalue weighted by atomic mass is 16.3. The minimum absolute atomic E-state index is 0.0702. The zero-order valence-electron chi connectivity index (χ0n) is 19.7. The van der Waals surface area contributed by atoms with Gasteiger partial charge in [-0.2, -0.15) is 0 Å². The van der Waals surface area contributed by atoms with Gasteiger partial charge in [0.25, 0.3) is 5.91 Å². The average molecular weight is 478 g/mol. The van der Waals surface area contributed by atoms with Gasteiger partial charge >= 0.3 is 0 Å². The molecule has 0 radical (unpaired) electrons. The van der Waals surface area contributed by atoms with Crippen molar-refractivity contribution in [3.8, 4) is 11.3 Å². The fourth-order valence-electron chi connectivity index (χ4n) is 4.52. The lowest BCUT2D eigenvalue weighted by Crippen LogP contribution is -2.33. The van der Waals surface area contributed by atoms with E-state index in [0.29, 0.717) is 6.54 Å². The zero-order valence-corrected chi connectivity index (χ0v) is 19.7. The average Bonchev–Trinajstić information content (AvgIpc) is 3.59. The van der Waals surface area contributed by atoms with E-state index in [2.05, 4.69) is 52.0 Å². The molecule has 0 spiro atoms. The Bertz CT molecular complexity index is 1440. The number of benzene rings is 3. The summed E-state index contributed by atoms with van der Waals surface area (Å²) in [6.45, 7) is 0.653. The largest absolute Gasteiger partial charge is 0.459 e. The number of para-hydroxylation sites is 1. The molecule has 1 atom stereocenters. The number of nitrogens with one attached hydrogen (secondary N) is 3. The van der Waals surface area contributed by atoms with Gasteiger partial charge < -0.3 is 20.0 Å².